The first-order valence-corrected chi connectivity index (χ1v) is 8.04. The maximum atomic E-state index is 13.1. The van der Waals surface area contributed by atoms with Crippen LogP contribution < -0.4 is 15.9 Å². The fourth-order valence-electron chi connectivity index (χ4n) is 1.92. The van der Waals surface area contributed by atoms with Crippen LogP contribution in [0.1, 0.15) is 11.1 Å². The highest BCUT2D eigenvalue weighted by Gasteiger charge is 1.99. The lowest BCUT2D eigenvalue weighted by Crippen LogP contribution is -1.96. The van der Waals surface area contributed by atoms with Gasteiger partial charge < -0.3 is 10.5 Å². The van der Waals surface area contributed by atoms with Crippen LogP contribution in [0.15, 0.2) is 59.0 Å². The Morgan fingerprint density at radius 3 is 2.79 bits per heavy atom. The second-order valence-corrected chi connectivity index (χ2v) is 5.79. The molecule has 0 aliphatic carbocycles. The summed E-state index contributed by atoms with van der Waals surface area (Å²) < 4.78 is 18.6. The maximum Gasteiger partial charge on any atom is 0.205 e. The van der Waals surface area contributed by atoms with Crippen LogP contribution in [-0.2, 0) is 6.61 Å². The van der Waals surface area contributed by atoms with E-state index in [0.717, 1.165) is 11.1 Å². The summed E-state index contributed by atoms with van der Waals surface area (Å²) >= 11 is 1.39. The number of nitrogen functional groups attached to an aromatic ring is 1. The Hall–Kier alpha value is -2.93. The second-order valence-electron chi connectivity index (χ2n) is 4.94. The number of hydrazone groups is 1. The van der Waals surface area contributed by atoms with Gasteiger partial charge in [-0.25, -0.2) is 9.37 Å². The lowest BCUT2D eigenvalue weighted by atomic mass is 10.1. The molecule has 0 fully saturated rings. The highest BCUT2D eigenvalue weighted by Crippen LogP contribution is 2.16. The van der Waals surface area contributed by atoms with Crippen molar-refractivity contribution >= 4 is 28.5 Å². The molecule has 5 nitrogen and oxygen atoms in total. The molecule has 0 aliphatic rings. The van der Waals surface area contributed by atoms with Gasteiger partial charge >= 0.3 is 0 Å². The third-order valence-electron chi connectivity index (χ3n) is 3.08. The van der Waals surface area contributed by atoms with Gasteiger partial charge in [0.25, 0.3) is 0 Å². The SMILES string of the molecule is Nc1csc(NN=Cc2ccc(COc3cccc(F)c3)cc2)n1. The average molecular weight is 342 g/mol. The largest absolute Gasteiger partial charge is 0.489 e. The highest BCUT2D eigenvalue weighted by atomic mass is 32.1. The van der Waals surface area contributed by atoms with E-state index in [4.69, 9.17) is 10.5 Å². The molecule has 0 bridgehead atoms. The molecular weight excluding hydrogens is 327 g/mol. The van der Waals surface area contributed by atoms with Gasteiger partial charge in [0.15, 0.2) is 0 Å². The summed E-state index contributed by atoms with van der Waals surface area (Å²) in [7, 11) is 0. The lowest BCUT2D eigenvalue weighted by Gasteiger charge is -2.06. The van der Waals surface area contributed by atoms with Crippen LogP contribution in [0, 0.1) is 5.82 Å². The topological polar surface area (TPSA) is 72.5 Å². The molecule has 122 valence electrons. The van der Waals surface area contributed by atoms with Gasteiger partial charge in [-0.05, 0) is 23.3 Å². The van der Waals surface area contributed by atoms with Gasteiger partial charge in [-0.2, -0.15) is 5.10 Å². The highest BCUT2D eigenvalue weighted by molar-refractivity contribution is 7.14. The van der Waals surface area contributed by atoms with E-state index in [-0.39, 0.29) is 5.82 Å². The van der Waals surface area contributed by atoms with E-state index in [1.165, 1.54) is 23.5 Å². The number of aromatic nitrogens is 1. The van der Waals surface area contributed by atoms with E-state index in [9.17, 15) is 4.39 Å². The molecular formula is C17H15FN4OS. The van der Waals surface area contributed by atoms with Crippen LogP contribution in [0.3, 0.4) is 0 Å². The predicted octanol–water partition coefficient (Wildman–Crippen LogP) is 3.89. The number of nitrogens with one attached hydrogen (secondary N) is 1. The van der Waals surface area contributed by atoms with Crippen molar-refractivity contribution in [3.05, 3.63) is 70.9 Å². The number of hydrogen-bond donors (Lipinski definition) is 2. The standard InChI is InChI=1S/C17H15FN4OS/c18-14-2-1-3-15(8-14)23-10-13-6-4-12(5-7-13)9-20-22-17-21-16(19)11-24-17/h1-9,11H,10,19H2,(H,21,22). The van der Waals surface area contributed by atoms with Crippen molar-refractivity contribution in [2.75, 3.05) is 11.2 Å². The molecule has 3 rings (SSSR count). The van der Waals surface area contributed by atoms with E-state index in [1.54, 1.807) is 23.7 Å². The van der Waals surface area contributed by atoms with E-state index < -0.39 is 0 Å². The molecule has 24 heavy (non-hydrogen) atoms. The summed E-state index contributed by atoms with van der Waals surface area (Å²) in [4.78, 5) is 4.04. The van der Waals surface area contributed by atoms with Gasteiger partial charge in [0, 0.05) is 11.4 Å². The van der Waals surface area contributed by atoms with Crippen molar-refractivity contribution in [2.45, 2.75) is 6.61 Å². The summed E-state index contributed by atoms with van der Waals surface area (Å²) in [5, 5.41) is 6.49. The molecule has 0 radical (unpaired) electrons. The minimum Gasteiger partial charge on any atom is -0.489 e. The fourth-order valence-corrected chi connectivity index (χ4v) is 2.47. The van der Waals surface area contributed by atoms with Crippen LogP contribution in [0.2, 0.25) is 0 Å². The summed E-state index contributed by atoms with van der Waals surface area (Å²) in [6, 6.07) is 13.8. The van der Waals surface area contributed by atoms with Crippen LogP contribution in [0.4, 0.5) is 15.3 Å². The number of anilines is 2. The van der Waals surface area contributed by atoms with Crippen LogP contribution in [-0.4, -0.2) is 11.2 Å². The number of ether oxygens (including phenoxy) is 1. The molecule has 3 N–H and O–H groups in total. The van der Waals surface area contributed by atoms with Crippen molar-refractivity contribution in [3.63, 3.8) is 0 Å². The van der Waals surface area contributed by atoms with E-state index in [0.29, 0.717) is 23.3 Å². The first-order valence-electron chi connectivity index (χ1n) is 7.16. The first kappa shape index (κ1) is 15.9. The summed E-state index contributed by atoms with van der Waals surface area (Å²) in [5.74, 6) is 0.668. The monoisotopic (exact) mass is 342 g/mol. The van der Waals surface area contributed by atoms with Gasteiger partial charge in [0.05, 0.1) is 6.21 Å². The Labute approximate surface area is 142 Å². The zero-order chi connectivity index (χ0) is 16.8. The smallest absolute Gasteiger partial charge is 0.205 e. The molecule has 0 atom stereocenters. The molecule has 1 aromatic heterocycles. The number of nitrogens with two attached hydrogens (primary N) is 1. The number of thiazole rings is 1. The van der Waals surface area contributed by atoms with Gasteiger partial charge in [0.1, 0.15) is 24.0 Å². The first-order chi connectivity index (χ1) is 11.7. The van der Waals surface area contributed by atoms with Crippen LogP contribution in [0.25, 0.3) is 0 Å². The zero-order valence-electron chi connectivity index (χ0n) is 12.6. The van der Waals surface area contributed by atoms with Crippen molar-refractivity contribution < 1.29 is 9.13 Å². The normalized spacial score (nSPS) is 10.9. The van der Waals surface area contributed by atoms with E-state index >= 15 is 0 Å². The minimum atomic E-state index is -0.312. The number of hydrogen-bond acceptors (Lipinski definition) is 6. The Kier molecular flexibility index (Phi) is 5.02. The molecule has 7 heteroatoms. The van der Waals surface area contributed by atoms with Crippen molar-refractivity contribution in [3.8, 4) is 5.75 Å². The molecule has 3 aromatic rings. The molecule has 0 saturated heterocycles. The zero-order valence-corrected chi connectivity index (χ0v) is 13.5. The predicted molar refractivity (Wildman–Crippen MR) is 94.9 cm³/mol. The van der Waals surface area contributed by atoms with Gasteiger partial charge in [-0.3, -0.25) is 5.43 Å². The molecule has 0 unspecified atom stereocenters. The minimum absolute atomic E-state index is 0.312. The maximum absolute atomic E-state index is 13.1. The Morgan fingerprint density at radius 2 is 2.08 bits per heavy atom. The van der Waals surface area contributed by atoms with Crippen LogP contribution in [0.5, 0.6) is 5.75 Å². The Morgan fingerprint density at radius 1 is 1.25 bits per heavy atom. The van der Waals surface area contributed by atoms with Crippen molar-refractivity contribution in [2.24, 2.45) is 5.10 Å². The molecule has 1 heterocycles. The lowest BCUT2D eigenvalue weighted by molar-refractivity contribution is 0.304. The van der Waals surface area contributed by atoms with Gasteiger partial charge in [-0.15, -0.1) is 11.3 Å². The van der Waals surface area contributed by atoms with E-state index in [1.807, 2.05) is 24.3 Å². The third kappa shape index (κ3) is 4.53. The van der Waals surface area contributed by atoms with Crippen LogP contribution >= 0.6 is 11.3 Å². The molecule has 0 spiro atoms. The fraction of sp³-hybridized carbons (Fsp3) is 0.0588. The quantitative estimate of drug-likeness (QED) is 0.526. The number of benzene rings is 2. The third-order valence-corrected chi connectivity index (χ3v) is 3.84. The van der Waals surface area contributed by atoms with Gasteiger partial charge in [0.2, 0.25) is 5.13 Å². The van der Waals surface area contributed by atoms with Crippen molar-refractivity contribution in [1.82, 2.24) is 4.98 Å². The summed E-state index contributed by atoms with van der Waals surface area (Å²) in [6.45, 7) is 0.373. The molecule has 2 aromatic carbocycles. The number of rotatable bonds is 6. The van der Waals surface area contributed by atoms with Crippen molar-refractivity contribution in [1.29, 1.82) is 0 Å². The Balaban J connectivity index is 1.53. The number of halogens is 1. The summed E-state index contributed by atoms with van der Waals surface area (Å²) in [6.07, 6.45) is 1.69. The Bertz CT molecular complexity index is 833. The average Bonchev–Trinajstić information content (AvgIpc) is 3.00. The molecule has 0 saturated carbocycles. The second kappa shape index (κ2) is 7.56. The molecule has 0 aliphatic heterocycles. The van der Waals surface area contributed by atoms with Gasteiger partial charge in [-0.1, -0.05) is 30.3 Å². The summed E-state index contributed by atoms with van der Waals surface area (Å²) in [5.41, 5.74) is 10.3. The van der Waals surface area contributed by atoms with E-state index in [2.05, 4.69) is 15.5 Å². The molecule has 0 amide bonds. The number of nitrogens with zero attached hydrogens (tertiary/aromatic N) is 2.